The monoisotopic (exact) mass is 198 g/mol. The van der Waals surface area contributed by atoms with E-state index < -0.39 is 0 Å². The maximum atomic E-state index is 11.8. The Morgan fingerprint density at radius 3 is 2.43 bits per heavy atom. The van der Waals surface area contributed by atoms with Gasteiger partial charge in [0.25, 0.3) is 0 Å². The number of hydrogen-bond acceptors (Lipinski definition) is 2. The van der Waals surface area contributed by atoms with Gasteiger partial charge in [-0.15, -0.1) is 6.58 Å². The summed E-state index contributed by atoms with van der Waals surface area (Å²) in [5.74, 6) is 0.180. The first kappa shape index (κ1) is 13.4. The maximum absolute atomic E-state index is 11.8. The summed E-state index contributed by atoms with van der Waals surface area (Å²) in [6.07, 6.45) is 2.75. The van der Waals surface area contributed by atoms with Crippen molar-refractivity contribution in [1.29, 1.82) is 0 Å². The van der Waals surface area contributed by atoms with Gasteiger partial charge in [0.2, 0.25) is 0 Å². The van der Waals surface area contributed by atoms with Crippen molar-refractivity contribution in [3.63, 3.8) is 0 Å². The Balaban J connectivity index is 4.33. The maximum Gasteiger partial charge on any atom is 0.162 e. The van der Waals surface area contributed by atoms with Crippen molar-refractivity contribution in [3.8, 4) is 0 Å². The average molecular weight is 198 g/mol. The predicted molar refractivity (Wildman–Crippen MR) is 59.3 cm³/mol. The predicted octanol–water partition coefficient (Wildman–Crippen LogP) is 2.97. The van der Waals surface area contributed by atoms with Crippen LogP contribution in [0.1, 0.15) is 40.5 Å². The zero-order valence-electron chi connectivity index (χ0n) is 9.80. The van der Waals surface area contributed by atoms with E-state index in [2.05, 4.69) is 6.58 Å². The minimum Gasteiger partial charge on any atom is -0.370 e. The fraction of sp³-hybridized carbons (Fsp3) is 0.750. The van der Waals surface area contributed by atoms with E-state index >= 15 is 0 Å². The molecule has 14 heavy (non-hydrogen) atoms. The highest BCUT2D eigenvalue weighted by atomic mass is 16.5. The molecule has 0 bridgehead atoms. The summed E-state index contributed by atoms with van der Waals surface area (Å²) in [6.45, 7) is 12.2. The van der Waals surface area contributed by atoms with Gasteiger partial charge in [-0.25, -0.2) is 0 Å². The second-order valence-electron chi connectivity index (χ2n) is 4.50. The second kappa shape index (κ2) is 5.97. The number of Topliss-reactive ketones (excluding diaryl/α,β-unsaturated/α-hetero) is 1. The molecule has 0 aliphatic rings. The Bertz CT molecular complexity index is 189. The molecule has 0 N–H and O–H groups in total. The Kier molecular flexibility index (Phi) is 5.70. The van der Waals surface area contributed by atoms with Crippen molar-refractivity contribution < 1.29 is 9.53 Å². The number of rotatable bonds is 6. The third kappa shape index (κ3) is 4.56. The first-order valence-electron chi connectivity index (χ1n) is 5.18. The van der Waals surface area contributed by atoms with E-state index in [-0.39, 0.29) is 17.3 Å². The lowest BCUT2D eigenvalue weighted by molar-refractivity contribution is -0.137. The normalized spacial score (nSPS) is 13.7. The molecule has 0 saturated carbocycles. The lowest BCUT2D eigenvalue weighted by Gasteiger charge is -2.29. The van der Waals surface area contributed by atoms with Crippen LogP contribution in [0, 0.1) is 5.41 Å². The fourth-order valence-electron chi connectivity index (χ4n) is 1.37. The molecule has 2 heteroatoms. The van der Waals surface area contributed by atoms with Crippen molar-refractivity contribution in [1.82, 2.24) is 0 Å². The van der Waals surface area contributed by atoms with Crippen molar-refractivity contribution in [2.24, 2.45) is 5.41 Å². The van der Waals surface area contributed by atoms with Crippen LogP contribution in [0.4, 0.5) is 0 Å². The number of carbonyl (C=O) groups is 1. The molecular formula is C12H22O2. The van der Waals surface area contributed by atoms with Crippen LogP contribution >= 0.6 is 0 Å². The third-order valence-electron chi connectivity index (χ3n) is 2.01. The van der Waals surface area contributed by atoms with E-state index in [1.54, 1.807) is 6.08 Å². The number of ketones is 1. The smallest absolute Gasteiger partial charge is 0.162 e. The molecule has 0 aromatic carbocycles. The Morgan fingerprint density at radius 2 is 2.07 bits per heavy atom. The molecule has 0 amide bonds. The Morgan fingerprint density at radius 1 is 1.50 bits per heavy atom. The average Bonchev–Trinajstić information content (AvgIpc) is 2.08. The summed E-state index contributed by atoms with van der Waals surface area (Å²) >= 11 is 0. The third-order valence-corrected chi connectivity index (χ3v) is 2.01. The number of carbonyl (C=O) groups excluding carboxylic acids is 1. The van der Waals surface area contributed by atoms with Gasteiger partial charge in [-0.3, -0.25) is 4.79 Å². The molecule has 1 atom stereocenters. The summed E-state index contributed by atoms with van der Waals surface area (Å²) < 4.78 is 5.48. The molecule has 0 radical (unpaired) electrons. The molecule has 2 nitrogen and oxygen atoms in total. The van der Waals surface area contributed by atoms with E-state index in [0.29, 0.717) is 13.0 Å². The summed E-state index contributed by atoms with van der Waals surface area (Å²) in [5.41, 5.74) is -0.117. The Hall–Kier alpha value is -0.630. The summed E-state index contributed by atoms with van der Waals surface area (Å²) in [4.78, 5) is 11.8. The highest BCUT2D eigenvalue weighted by molar-refractivity contribution is 5.83. The van der Waals surface area contributed by atoms with E-state index in [1.165, 1.54) is 0 Å². The second-order valence-corrected chi connectivity index (χ2v) is 4.50. The summed E-state index contributed by atoms with van der Waals surface area (Å²) in [5, 5.41) is 0. The fourth-order valence-corrected chi connectivity index (χ4v) is 1.37. The van der Waals surface area contributed by atoms with E-state index in [4.69, 9.17) is 4.74 Å². The van der Waals surface area contributed by atoms with Crippen LogP contribution in [-0.4, -0.2) is 18.5 Å². The van der Waals surface area contributed by atoms with Gasteiger partial charge < -0.3 is 4.74 Å². The lowest BCUT2D eigenvalue weighted by atomic mass is 9.85. The van der Waals surface area contributed by atoms with Gasteiger partial charge in [-0.1, -0.05) is 26.8 Å². The Labute approximate surface area is 87.3 Å². The molecule has 0 rings (SSSR count). The van der Waals surface area contributed by atoms with E-state index in [9.17, 15) is 4.79 Å². The van der Waals surface area contributed by atoms with Crippen LogP contribution in [0.25, 0.3) is 0 Å². The van der Waals surface area contributed by atoms with E-state index in [1.807, 2.05) is 27.7 Å². The first-order valence-corrected chi connectivity index (χ1v) is 5.18. The molecule has 0 aliphatic carbocycles. The quantitative estimate of drug-likeness (QED) is 0.613. The van der Waals surface area contributed by atoms with Crippen LogP contribution in [0.15, 0.2) is 12.7 Å². The molecule has 82 valence electrons. The number of hydrogen-bond donors (Lipinski definition) is 0. The molecule has 0 aromatic rings. The SMILES string of the molecule is C=CCCC(=O)C(OCC)C(C)(C)C. The van der Waals surface area contributed by atoms with Gasteiger partial charge in [-0.2, -0.15) is 0 Å². The molecule has 0 aromatic heterocycles. The first-order chi connectivity index (χ1) is 6.43. The van der Waals surface area contributed by atoms with Crippen molar-refractivity contribution in [3.05, 3.63) is 12.7 Å². The van der Waals surface area contributed by atoms with Gasteiger partial charge in [0.05, 0.1) is 0 Å². The van der Waals surface area contributed by atoms with Gasteiger partial charge >= 0.3 is 0 Å². The molecule has 0 aliphatic heterocycles. The van der Waals surface area contributed by atoms with Gasteiger partial charge in [0.15, 0.2) is 5.78 Å². The van der Waals surface area contributed by atoms with Crippen LogP contribution < -0.4 is 0 Å². The van der Waals surface area contributed by atoms with Crippen molar-refractivity contribution in [2.45, 2.75) is 46.6 Å². The highest BCUT2D eigenvalue weighted by Gasteiger charge is 2.30. The molecule has 0 spiro atoms. The lowest BCUT2D eigenvalue weighted by Crippen LogP contribution is -2.37. The molecule has 0 fully saturated rings. The van der Waals surface area contributed by atoms with Gasteiger partial charge in [0, 0.05) is 13.0 Å². The van der Waals surface area contributed by atoms with Crippen LogP contribution in [-0.2, 0) is 9.53 Å². The largest absolute Gasteiger partial charge is 0.370 e. The van der Waals surface area contributed by atoms with E-state index in [0.717, 1.165) is 6.42 Å². The highest BCUT2D eigenvalue weighted by Crippen LogP contribution is 2.24. The van der Waals surface area contributed by atoms with Crippen LogP contribution in [0.2, 0.25) is 0 Å². The molecule has 0 heterocycles. The topological polar surface area (TPSA) is 26.3 Å². The summed E-state index contributed by atoms with van der Waals surface area (Å²) in [6, 6.07) is 0. The zero-order valence-corrected chi connectivity index (χ0v) is 9.80. The standard InChI is InChI=1S/C12H22O2/c1-6-8-9-10(13)11(14-7-2)12(3,4)5/h6,11H,1,7-9H2,2-5H3. The van der Waals surface area contributed by atoms with Crippen LogP contribution in [0.5, 0.6) is 0 Å². The van der Waals surface area contributed by atoms with Crippen molar-refractivity contribution >= 4 is 5.78 Å². The minimum absolute atomic E-state index is 0.117. The minimum atomic E-state index is -0.285. The van der Waals surface area contributed by atoms with Gasteiger partial charge in [-0.05, 0) is 18.8 Å². The molecule has 0 saturated heterocycles. The summed E-state index contributed by atoms with van der Waals surface area (Å²) in [7, 11) is 0. The zero-order chi connectivity index (χ0) is 11.2. The van der Waals surface area contributed by atoms with Crippen LogP contribution in [0.3, 0.4) is 0 Å². The number of ether oxygens (including phenoxy) is 1. The molecule has 1 unspecified atom stereocenters. The van der Waals surface area contributed by atoms with Crippen molar-refractivity contribution in [2.75, 3.05) is 6.61 Å². The van der Waals surface area contributed by atoms with Gasteiger partial charge in [0.1, 0.15) is 6.10 Å². The molecular weight excluding hydrogens is 176 g/mol. The number of allylic oxidation sites excluding steroid dienone is 1.